The van der Waals surface area contributed by atoms with Gasteiger partial charge in [-0.1, -0.05) is 20.8 Å². The highest BCUT2D eigenvalue weighted by molar-refractivity contribution is 14.1. The first-order valence-electron chi connectivity index (χ1n) is 8.15. The second kappa shape index (κ2) is 10.1. The van der Waals surface area contributed by atoms with Crippen molar-refractivity contribution in [2.45, 2.75) is 52.2 Å². The maximum absolute atomic E-state index is 10.3. The van der Waals surface area contributed by atoms with Crippen molar-refractivity contribution in [1.29, 1.82) is 0 Å². The molecule has 0 spiro atoms. The molecular formula is C19H27IO4. The average molecular weight is 446 g/mol. The highest BCUT2D eigenvalue weighted by Gasteiger charge is 2.14. The van der Waals surface area contributed by atoms with Crippen molar-refractivity contribution in [3.63, 3.8) is 0 Å². The summed E-state index contributed by atoms with van der Waals surface area (Å²) in [5.41, 5.74) is 4.93. The van der Waals surface area contributed by atoms with E-state index in [2.05, 4.69) is 5.73 Å². The molecule has 0 aliphatic heterocycles. The van der Waals surface area contributed by atoms with Gasteiger partial charge in [0, 0.05) is 12.8 Å². The predicted octanol–water partition coefficient (Wildman–Crippen LogP) is 4.33. The molecule has 24 heavy (non-hydrogen) atoms. The summed E-state index contributed by atoms with van der Waals surface area (Å²) < 4.78 is 5.75. The van der Waals surface area contributed by atoms with Gasteiger partial charge in [-0.3, -0.25) is 0 Å². The molecule has 0 aliphatic carbocycles. The van der Waals surface area contributed by atoms with E-state index >= 15 is 0 Å². The Morgan fingerprint density at radius 3 is 2.54 bits per heavy atom. The quantitative estimate of drug-likeness (QED) is 0.411. The van der Waals surface area contributed by atoms with Crippen LogP contribution in [0.1, 0.15) is 51.7 Å². The Balaban J connectivity index is 2.85. The number of ether oxygens (including phenoxy) is 1. The number of phenolic OH excluding ortho intramolecular Hbond substituents is 1. The van der Waals surface area contributed by atoms with Gasteiger partial charge >= 0.3 is 0 Å². The van der Waals surface area contributed by atoms with Gasteiger partial charge in [0.15, 0.2) is 11.5 Å². The molecule has 5 heteroatoms. The van der Waals surface area contributed by atoms with E-state index in [0.717, 1.165) is 12.0 Å². The molecule has 0 aliphatic rings. The Kier molecular flexibility index (Phi) is 8.84. The number of rotatable bonds is 8. The zero-order chi connectivity index (χ0) is 18.3. The predicted molar refractivity (Wildman–Crippen MR) is 104 cm³/mol. The summed E-state index contributed by atoms with van der Waals surface area (Å²) in [5.74, 6) is 0.649. The fraction of sp³-hybridized carbons (Fsp3) is 0.526. The monoisotopic (exact) mass is 446 g/mol. The van der Waals surface area contributed by atoms with Crippen LogP contribution in [0, 0.1) is 9.49 Å². The Labute approximate surface area is 158 Å². The molecule has 134 valence electrons. The Hall–Kier alpha value is -1.01. The summed E-state index contributed by atoms with van der Waals surface area (Å²) >= 11 is 2.01. The normalized spacial score (nSPS) is 13.3. The van der Waals surface area contributed by atoms with E-state index in [4.69, 9.17) is 4.74 Å². The van der Waals surface area contributed by atoms with E-state index in [1.807, 2.05) is 49.4 Å². The highest BCUT2D eigenvalue weighted by Crippen LogP contribution is 2.35. The second-order valence-corrected chi connectivity index (χ2v) is 7.29. The standard InChI is InChI=1S/C19H27IO4/c1-5-13(9-17(22)12(2)3)7-6-8-16(21)14-10-15(20)19(23)18(11-14)24-4/h6,10-12,16-17,21-23H,5,8-9H2,1-4H3/t7?,16-,17-/m1/s1. The van der Waals surface area contributed by atoms with Gasteiger partial charge in [-0.2, -0.15) is 0 Å². The molecule has 0 unspecified atom stereocenters. The lowest BCUT2D eigenvalue weighted by Crippen LogP contribution is -2.14. The molecular weight excluding hydrogens is 419 g/mol. The number of aromatic hydroxyl groups is 1. The van der Waals surface area contributed by atoms with E-state index in [-0.39, 0.29) is 17.8 Å². The second-order valence-electron chi connectivity index (χ2n) is 6.13. The Morgan fingerprint density at radius 2 is 2.00 bits per heavy atom. The lowest BCUT2D eigenvalue weighted by atomic mass is 9.98. The highest BCUT2D eigenvalue weighted by atomic mass is 127. The molecule has 1 aromatic rings. The summed E-state index contributed by atoms with van der Waals surface area (Å²) in [5, 5.41) is 30.2. The van der Waals surface area contributed by atoms with Crippen molar-refractivity contribution in [3.8, 4) is 11.5 Å². The van der Waals surface area contributed by atoms with Gasteiger partial charge in [0.1, 0.15) is 0 Å². The molecule has 1 rings (SSSR count). The summed E-state index contributed by atoms with van der Waals surface area (Å²) in [4.78, 5) is 0. The van der Waals surface area contributed by atoms with E-state index in [1.165, 1.54) is 7.11 Å². The lowest BCUT2D eigenvalue weighted by Gasteiger charge is -2.14. The van der Waals surface area contributed by atoms with Gasteiger partial charge in [-0.25, -0.2) is 0 Å². The number of halogens is 1. The molecule has 0 saturated carbocycles. The van der Waals surface area contributed by atoms with Gasteiger partial charge in [0.25, 0.3) is 0 Å². The molecule has 4 nitrogen and oxygen atoms in total. The number of hydrogen-bond donors (Lipinski definition) is 3. The maximum Gasteiger partial charge on any atom is 0.171 e. The minimum absolute atomic E-state index is 0.0837. The number of aliphatic hydroxyl groups is 2. The van der Waals surface area contributed by atoms with Crippen LogP contribution in [-0.4, -0.2) is 28.5 Å². The molecule has 0 radical (unpaired) electrons. The van der Waals surface area contributed by atoms with Crippen molar-refractivity contribution in [2.24, 2.45) is 5.92 Å². The molecule has 3 N–H and O–H groups in total. The first kappa shape index (κ1) is 21.0. The van der Waals surface area contributed by atoms with E-state index in [1.54, 1.807) is 12.1 Å². The molecule has 1 aromatic carbocycles. The Bertz CT molecular complexity index is 604. The number of phenols is 1. The number of methoxy groups -OCH3 is 1. The van der Waals surface area contributed by atoms with Crippen LogP contribution in [0.4, 0.5) is 0 Å². The Morgan fingerprint density at radius 1 is 1.33 bits per heavy atom. The fourth-order valence-corrected chi connectivity index (χ4v) is 2.81. The van der Waals surface area contributed by atoms with Crippen LogP contribution in [0.2, 0.25) is 0 Å². The molecule has 0 fully saturated rings. The molecule has 0 bridgehead atoms. The topological polar surface area (TPSA) is 69.9 Å². The first-order valence-corrected chi connectivity index (χ1v) is 9.23. The van der Waals surface area contributed by atoms with Gasteiger partial charge in [-0.05, 0) is 64.3 Å². The zero-order valence-corrected chi connectivity index (χ0v) is 16.9. The minimum atomic E-state index is -0.700. The van der Waals surface area contributed by atoms with Gasteiger partial charge < -0.3 is 20.1 Å². The summed E-state index contributed by atoms with van der Waals surface area (Å²) in [7, 11) is 1.48. The van der Waals surface area contributed by atoms with Crippen LogP contribution < -0.4 is 4.74 Å². The van der Waals surface area contributed by atoms with Crippen LogP contribution in [0.25, 0.3) is 0 Å². The van der Waals surface area contributed by atoms with Crippen molar-refractivity contribution < 1.29 is 20.1 Å². The van der Waals surface area contributed by atoms with Crippen LogP contribution in [0.5, 0.6) is 11.5 Å². The van der Waals surface area contributed by atoms with Gasteiger partial charge in [0.05, 0.1) is 22.9 Å². The third-order valence-corrected chi connectivity index (χ3v) is 4.78. The van der Waals surface area contributed by atoms with Crippen LogP contribution >= 0.6 is 22.6 Å². The molecule has 0 heterocycles. The van der Waals surface area contributed by atoms with Gasteiger partial charge in [-0.15, -0.1) is 5.73 Å². The summed E-state index contributed by atoms with van der Waals surface area (Å²) in [6.07, 6.45) is 2.57. The number of benzene rings is 1. The molecule has 2 atom stereocenters. The van der Waals surface area contributed by atoms with Gasteiger partial charge in [0.2, 0.25) is 0 Å². The largest absolute Gasteiger partial charge is 0.504 e. The fourth-order valence-electron chi connectivity index (χ4n) is 2.19. The third-order valence-electron chi connectivity index (χ3n) is 3.95. The molecule has 0 amide bonds. The van der Waals surface area contributed by atoms with E-state index in [0.29, 0.717) is 27.7 Å². The minimum Gasteiger partial charge on any atom is -0.504 e. The van der Waals surface area contributed by atoms with Crippen LogP contribution in [-0.2, 0) is 0 Å². The SMILES string of the molecule is CCC(=C=CC[C@@H](O)c1cc(I)c(O)c(OC)c1)C[C@@H](O)C(C)C. The van der Waals surface area contributed by atoms with E-state index in [9.17, 15) is 15.3 Å². The number of hydrogen-bond acceptors (Lipinski definition) is 4. The van der Waals surface area contributed by atoms with Crippen molar-refractivity contribution in [3.05, 3.63) is 38.6 Å². The molecule has 0 saturated heterocycles. The maximum atomic E-state index is 10.3. The average Bonchev–Trinajstić information content (AvgIpc) is 2.55. The van der Waals surface area contributed by atoms with Crippen molar-refractivity contribution in [2.75, 3.05) is 7.11 Å². The number of aliphatic hydroxyl groups excluding tert-OH is 2. The third kappa shape index (κ3) is 6.13. The first-order chi connectivity index (χ1) is 11.3. The summed E-state index contributed by atoms with van der Waals surface area (Å²) in [6.45, 7) is 6.02. The lowest BCUT2D eigenvalue weighted by molar-refractivity contribution is 0.125. The zero-order valence-electron chi connectivity index (χ0n) is 14.7. The molecule has 0 aromatic heterocycles. The smallest absolute Gasteiger partial charge is 0.171 e. The van der Waals surface area contributed by atoms with E-state index < -0.39 is 6.10 Å². The van der Waals surface area contributed by atoms with Crippen molar-refractivity contribution >= 4 is 22.6 Å². The van der Waals surface area contributed by atoms with Crippen LogP contribution in [0.15, 0.2) is 29.5 Å². The van der Waals surface area contributed by atoms with Crippen LogP contribution in [0.3, 0.4) is 0 Å². The van der Waals surface area contributed by atoms with Crippen molar-refractivity contribution in [1.82, 2.24) is 0 Å². The summed E-state index contributed by atoms with van der Waals surface area (Å²) in [6, 6.07) is 3.38.